The van der Waals surface area contributed by atoms with Crippen molar-refractivity contribution >= 4 is 23.5 Å². The van der Waals surface area contributed by atoms with Gasteiger partial charge >= 0.3 is 0 Å². The van der Waals surface area contributed by atoms with Crippen LogP contribution in [0.5, 0.6) is 0 Å². The lowest BCUT2D eigenvalue weighted by Gasteiger charge is -2.32. The number of hydrogen-bond acceptors (Lipinski definition) is 7. The van der Waals surface area contributed by atoms with Gasteiger partial charge in [0.05, 0.1) is 11.9 Å². The van der Waals surface area contributed by atoms with Gasteiger partial charge in [-0.2, -0.15) is 0 Å². The van der Waals surface area contributed by atoms with E-state index in [2.05, 4.69) is 37.2 Å². The van der Waals surface area contributed by atoms with Gasteiger partial charge in [-0.05, 0) is 43.7 Å². The van der Waals surface area contributed by atoms with Gasteiger partial charge in [0.2, 0.25) is 0 Å². The first-order valence-corrected chi connectivity index (χ1v) is 13.2. The SMILES string of the molecule is CC(C)c1cc(N(C)C2CCCCC2)nc(SCc2ccc(C(=O)NC[C@@H]3CCCO3)o2)n1. The third-order valence-electron chi connectivity index (χ3n) is 6.53. The normalized spacial score (nSPS) is 19.2. The Morgan fingerprint density at radius 2 is 2.00 bits per heavy atom. The number of amides is 1. The van der Waals surface area contributed by atoms with Crippen molar-refractivity contribution in [2.75, 3.05) is 25.1 Å². The van der Waals surface area contributed by atoms with Crippen LogP contribution >= 0.6 is 11.8 Å². The van der Waals surface area contributed by atoms with Crippen molar-refractivity contribution in [3.8, 4) is 0 Å². The van der Waals surface area contributed by atoms with Crippen LogP contribution in [0.25, 0.3) is 0 Å². The fraction of sp³-hybridized carbons (Fsp3) is 0.640. The van der Waals surface area contributed by atoms with Crippen LogP contribution in [0.1, 0.15) is 86.7 Å². The van der Waals surface area contributed by atoms with E-state index in [9.17, 15) is 4.79 Å². The molecule has 2 aliphatic rings. The summed E-state index contributed by atoms with van der Waals surface area (Å²) in [4.78, 5) is 24.4. The predicted octanol–water partition coefficient (Wildman–Crippen LogP) is 5.16. The number of nitrogens with zero attached hydrogens (tertiary/aromatic N) is 3. The van der Waals surface area contributed by atoms with Gasteiger partial charge in [-0.1, -0.05) is 44.9 Å². The quantitative estimate of drug-likeness (QED) is 0.399. The lowest BCUT2D eigenvalue weighted by atomic mass is 9.94. The molecule has 8 heteroatoms. The summed E-state index contributed by atoms with van der Waals surface area (Å²) in [7, 11) is 2.16. The van der Waals surface area contributed by atoms with E-state index in [0.29, 0.717) is 30.0 Å². The topological polar surface area (TPSA) is 80.5 Å². The van der Waals surface area contributed by atoms with E-state index in [0.717, 1.165) is 41.9 Å². The molecule has 1 N–H and O–H groups in total. The summed E-state index contributed by atoms with van der Waals surface area (Å²) in [6, 6.07) is 6.27. The minimum Gasteiger partial charge on any atom is -0.455 e. The summed E-state index contributed by atoms with van der Waals surface area (Å²) >= 11 is 1.55. The zero-order valence-electron chi connectivity index (χ0n) is 20.0. The van der Waals surface area contributed by atoms with Crippen molar-refractivity contribution in [3.05, 3.63) is 35.4 Å². The lowest BCUT2D eigenvalue weighted by Crippen LogP contribution is -2.34. The first-order chi connectivity index (χ1) is 16.0. The molecule has 0 unspecified atom stereocenters. The van der Waals surface area contributed by atoms with Gasteiger partial charge in [0, 0.05) is 38.0 Å². The smallest absolute Gasteiger partial charge is 0.287 e. The Labute approximate surface area is 201 Å². The van der Waals surface area contributed by atoms with Crippen LogP contribution in [0.2, 0.25) is 0 Å². The Hall–Kier alpha value is -2.06. The predicted molar refractivity (Wildman–Crippen MR) is 131 cm³/mol. The molecule has 7 nitrogen and oxygen atoms in total. The molecule has 1 saturated carbocycles. The average Bonchev–Trinajstić information content (AvgIpc) is 3.53. The molecule has 1 aliphatic heterocycles. The third-order valence-corrected chi connectivity index (χ3v) is 7.40. The highest BCUT2D eigenvalue weighted by Gasteiger charge is 2.22. The summed E-state index contributed by atoms with van der Waals surface area (Å²) < 4.78 is 11.4. The van der Waals surface area contributed by atoms with Gasteiger partial charge in [0.1, 0.15) is 11.6 Å². The summed E-state index contributed by atoms with van der Waals surface area (Å²) in [5.41, 5.74) is 1.05. The van der Waals surface area contributed by atoms with Gasteiger partial charge in [0.25, 0.3) is 5.91 Å². The zero-order chi connectivity index (χ0) is 23.2. The molecule has 1 atom stereocenters. The molecular weight excluding hydrogens is 436 g/mol. The van der Waals surface area contributed by atoms with Crippen molar-refractivity contribution in [1.29, 1.82) is 0 Å². The maximum Gasteiger partial charge on any atom is 0.287 e. The number of thioether (sulfide) groups is 1. The monoisotopic (exact) mass is 472 g/mol. The molecule has 0 radical (unpaired) electrons. The average molecular weight is 473 g/mol. The summed E-state index contributed by atoms with van der Waals surface area (Å²) in [6.45, 7) is 5.63. The molecule has 33 heavy (non-hydrogen) atoms. The second-order valence-electron chi connectivity index (χ2n) is 9.39. The van der Waals surface area contributed by atoms with E-state index in [1.807, 2.05) is 6.07 Å². The van der Waals surface area contributed by atoms with E-state index in [4.69, 9.17) is 19.1 Å². The minimum absolute atomic E-state index is 0.116. The van der Waals surface area contributed by atoms with Gasteiger partial charge in [-0.25, -0.2) is 9.97 Å². The van der Waals surface area contributed by atoms with E-state index in [1.54, 1.807) is 17.8 Å². The minimum atomic E-state index is -0.198. The Kier molecular flexibility index (Phi) is 8.30. The highest BCUT2D eigenvalue weighted by atomic mass is 32.2. The van der Waals surface area contributed by atoms with Crippen LogP contribution < -0.4 is 10.2 Å². The van der Waals surface area contributed by atoms with Crippen molar-refractivity contribution < 1.29 is 13.9 Å². The summed E-state index contributed by atoms with van der Waals surface area (Å²) in [5.74, 6) is 2.77. The number of aromatic nitrogens is 2. The fourth-order valence-corrected chi connectivity index (χ4v) is 5.19. The molecule has 1 aliphatic carbocycles. The van der Waals surface area contributed by atoms with Crippen LogP contribution in [-0.2, 0) is 10.5 Å². The van der Waals surface area contributed by atoms with E-state index in [1.165, 1.54) is 32.1 Å². The van der Waals surface area contributed by atoms with E-state index >= 15 is 0 Å². The lowest BCUT2D eigenvalue weighted by molar-refractivity contribution is 0.0834. The van der Waals surface area contributed by atoms with Crippen LogP contribution in [0.3, 0.4) is 0 Å². The molecular formula is C25H36N4O3S. The highest BCUT2D eigenvalue weighted by molar-refractivity contribution is 7.98. The van der Waals surface area contributed by atoms with Crippen molar-refractivity contribution in [3.63, 3.8) is 0 Å². The first kappa shape index (κ1) is 24.1. The van der Waals surface area contributed by atoms with Crippen molar-refractivity contribution in [1.82, 2.24) is 15.3 Å². The molecule has 2 fully saturated rings. The van der Waals surface area contributed by atoms with Gasteiger partial charge in [-0.3, -0.25) is 4.79 Å². The number of anilines is 1. The first-order valence-electron chi connectivity index (χ1n) is 12.2. The molecule has 0 spiro atoms. The van der Waals surface area contributed by atoms with E-state index in [-0.39, 0.29) is 12.0 Å². The Morgan fingerprint density at radius 3 is 2.73 bits per heavy atom. The summed E-state index contributed by atoms with van der Waals surface area (Å²) in [6.07, 6.45) is 8.54. The molecule has 3 heterocycles. The number of carbonyl (C=O) groups is 1. The number of carbonyl (C=O) groups excluding carboxylic acids is 1. The highest BCUT2D eigenvalue weighted by Crippen LogP contribution is 2.29. The van der Waals surface area contributed by atoms with Crippen LogP contribution in [0.4, 0.5) is 5.82 Å². The number of ether oxygens (including phenoxy) is 1. The summed E-state index contributed by atoms with van der Waals surface area (Å²) in [5, 5.41) is 3.65. The Bertz CT molecular complexity index is 920. The molecule has 0 bridgehead atoms. The van der Waals surface area contributed by atoms with Gasteiger partial charge in [-0.15, -0.1) is 0 Å². The number of hydrogen-bond donors (Lipinski definition) is 1. The van der Waals surface area contributed by atoms with Crippen LogP contribution in [-0.4, -0.2) is 48.2 Å². The van der Waals surface area contributed by atoms with Crippen LogP contribution in [0, 0.1) is 0 Å². The molecule has 0 aromatic carbocycles. The second kappa shape index (κ2) is 11.4. The number of furan rings is 1. The molecule has 4 rings (SSSR count). The Morgan fingerprint density at radius 1 is 1.18 bits per heavy atom. The third kappa shape index (κ3) is 6.51. The maximum atomic E-state index is 12.4. The second-order valence-corrected chi connectivity index (χ2v) is 10.3. The largest absolute Gasteiger partial charge is 0.455 e. The van der Waals surface area contributed by atoms with Gasteiger partial charge < -0.3 is 19.4 Å². The van der Waals surface area contributed by atoms with Gasteiger partial charge in [0.15, 0.2) is 10.9 Å². The maximum absolute atomic E-state index is 12.4. The molecule has 1 saturated heterocycles. The van der Waals surface area contributed by atoms with Crippen molar-refractivity contribution in [2.45, 2.75) is 87.8 Å². The zero-order valence-corrected chi connectivity index (χ0v) is 20.8. The van der Waals surface area contributed by atoms with Crippen molar-refractivity contribution in [2.24, 2.45) is 0 Å². The Balaban J connectivity index is 1.38. The number of rotatable bonds is 9. The molecule has 2 aromatic rings. The molecule has 2 aromatic heterocycles. The standard InChI is InChI=1S/C25H36N4O3S/c1-17(2)21-14-23(29(3)18-8-5-4-6-9-18)28-25(27-21)33-16-20-11-12-22(32-20)24(30)26-15-19-10-7-13-31-19/h11-12,14,17-19H,4-10,13,15-16H2,1-3H3,(H,26,30)/t19-/m0/s1. The molecule has 180 valence electrons. The van der Waals surface area contributed by atoms with E-state index < -0.39 is 0 Å². The molecule has 1 amide bonds. The number of nitrogens with one attached hydrogen (secondary N) is 1. The van der Waals surface area contributed by atoms with Crippen LogP contribution in [0.15, 0.2) is 27.8 Å². The fourth-order valence-electron chi connectivity index (χ4n) is 4.44.